The third-order valence-electron chi connectivity index (χ3n) is 4.31. The van der Waals surface area contributed by atoms with Crippen LogP contribution in [0.1, 0.15) is 33.4 Å². The molecule has 1 N–H and O–H groups in total. The number of methoxy groups -OCH3 is 2. The number of hydrazone groups is 1. The summed E-state index contributed by atoms with van der Waals surface area (Å²) in [4.78, 5) is 24.0. The van der Waals surface area contributed by atoms with Crippen LogP contribution in [0, 0.1) is 0 Å². The molecule has 1 heterocycles. The van der Waals surface area contributed by atoms with Crippen molar-refractivity contribution in [3.8, 4) is 22.8 Å². The molecule has 3 rings (SSSR count). The smallest absolute Gasteiger partial charge is 0.338 e. The number of ether oxygens (including phenoxy) is 3. The number of amides is 1. The van der Waals surface area contributed by atoms with Crippen LogP contribution in [-0.2, 0) is 4.74 Å². The minimum absolute atomic E-state index is 0.323. The van der Waals surface area contributed by atoms with Crippen molar-refractivity contribution in [2.24, 2.45) is 5.10 Å². The van der Waals surface area contributed by atoms with Gasteiger partial charge in [0.05, 0.1) is 32.6 Å². The van der Waals surface area contributed by atoms with Crippen LogP contribution in [0.4, 0.5) is 0 Å². The Labute approximate surface area is 179 Å². The lowest BCUT2D eigenvalue weighted by Gasteiger charge is -2.08. The monoisotopic (exact) mass is 422 g/mol. The average Bonchev–Trinajstić information content (AvgIpc) is 3.27. The Morgan fingerprint density at radius 3 is 2.35 bits per heavy atom. The lowest BCUT2D eigenvalue weighted by Crippen LogP contribution is -2.17. The largest absolute Gasteiger partial charge is 0.493 e. The van der Waals surface area contributed by atoms with Crippen molar-refractivity contribution in [1.29, 1.82) is 0 Å². The van der Waals surface area contributed by atoms with Gasteiger partial charge in [0.15, 0.2) is 11.5 Å². The molecule has 0 bridgehead atoms. The lowest BCUT2D eigenvalue weighted by molar-refractivity contribution is 0.0526. The molecule has 0 fully saturated rings. The van der Waals surface area contributed by atoms with Gasteiger partial charge in [0.25, 0.3) is 5.91 Å². The molecule has 0 aliphatic heterocycles. The van der Waals surface area contributed by atoms with Crippen molar-refractivity contribution in [2.45, 2.75) is 6.92 Å². The summed E-state index contributed by atoms with van der Waals surface area (Å²) < 4.78 is 21.0. The molecule has 1 amide bonds. The number of nitrogens with zero attached hydrogens (tertiary/aromatic N) is 1. The van der Waals surface area contributed by atoms with E-state index in [2.05, 4.69) is 10.5 Å². The van der Waals surface area contributed by atoms with Gasteiger partial charge >= 0.3 is 5.97 Å². The highest BCUT2D eigenvalue weighted by molar-refractivity contribution is 5.95. The summed E-state index contributed by atoms with van der Waals surface area (Å²) in [6, 6.07) is 15.2. The molecule has 0 aliphatic carbocycles. The Balaban J connectivity index is 1.63. The summed E-state index contributed by atoms with van der Waals surface area (Å²) in [5.74, 6) is 1.26. The number of benzene rings is 2. The highest BCUT2D eigenvalue weighted by Gasteiger charge is 2.11. The fraction of sp³-hybridized carbons (Fsp3) is 0.174. The van der Waals surface area contributed by atoms with Crippen LogP contribution in [0.3, 0.4) is 0 Å². The van der Waals surface area contributed by atoms with E-state index in [1.165, 1.54) is 20.4 Å². The summed E-state index contributed by atoms with van der Waals surface area (Å²) >= 11 is 0. The van der Waals surface area contributed by atoms with Crippen LogP contribution in [0.5, 0.6) is 11.5 Å². The van der Waals surface area contributed by atoms with Crippen LogP contribution < -0.4 is 14.9 Å². The van der Waals surface area contributed by atoms with Gasteiger partial charge in [-0.05, 0) is 49.4 Å². The molecule has 0 radical (unpaired) electrons. The van der Waals surface area contributed by atoms with E-state index in [-0.39, 0.29) is 5.97 Å². The lowest BCUT2D eigenvalue weighted by atomic mass is 10.1. The first-order chi connectivity index (χ1) is 15.0. The van der Waals surface area contributed by atoms with Crippen molar-refractivity contribution in [3.63, 3.8) is 0 Å². The van der Waals surface area contributed by atoms with Crippen molar-refractivity contribution < 1.29 is 28.2 Å². The minimum Gasteiger partial charge on any atom is -0.493 e. The maximum Gasteiger partial charge on any atom is 0.338 e. The predicted molar refractivity (Wildman–Crippen MR) is 115 cm³/mol. The summed E-state index contributed by atoms with van der Waals surface area (Å²) in [7, 11) is 3.02. The van der Waals surface area contributed by atoms with Crippen molar-refractivity contribution in [1.82, 2.24) is 5.43 Å². The Kier molecular flexibility index (Phi) is 7.05. The van der Waals surface area contributed by atoms with E-state index in [4.69, 9.17) is 18.6 Å². The fourth-order valence-electron chi connectivity index (χ4n) is 2.76. The van der Waals surface area contributed by atoms with Gasteiger partial charge < -0.3 is 18.6 Å². The first kappa shape index (κ1) is 21.6. The molecular weight excluding hydrogens is 400 g/mol. The predicted octanol–water partition coefficient (Wildman–Crippen LogP) is 3.90. The van der Waals surface area contributed by atoms with Crippen LogP contribution in [0.2, 0.25) is 0 Å². The third-order valence-corrected chi connectivity index (χ3v) is 4.31. The number of carbonyl (C=O) groups is 2. The average molecular weight is 422 g/mol. The van der Waals surface area contributed by atoms with E-state index in [0.29, 0.717) is 40.8 Å². The fourth-order valence-corrected chi connectivity index (χ4v) is 2.76. The number of hydrogen-bond donors (Lipinski definition) is 1. The van der Waals surface area contributed by atoms with Crippen LogP contribution in [-0.4, -0.2) is 38.9 Å². The minimum atomic E-state index is -0.404. The van der Waals surface area contributed by atoms with Gasteiger partial charge in [-0.3, -0.25) is 4.79 Å². The highest BCUT2D eigenvalue weighted by atomic mass is 16.5. The number of hydrogen-bond acceptors (Lipinski definition) is 7. The van der Waals surface area contributed by atoms with E-state index in [0.717, 1.165) is 5.56 Å². The molecule has 0 unspecified atom stereocenters. The Bertz CT molecular complexity index is 1090. The quantitative estimate of drug-likeness (QED) is 0.336. The van der Waals surface area contributed by atoms with E-state index < -0.39 is 5.91 Å². The van der Waals surface area contributed by atoms with Crippen molar-refractivity contribution in [3.05, 3.63) is 71.5 Å². The number of carbonyl (C=O) groups excluding carboxylic acids is 2. The van der Waals surface area contributed by atoms with Crippen LogP contribution in [0.15, 0.2) is 64.1 Å². The molecule has 0 spiro atoms. The molecule has 8 heteroatoms. The zero-order valence-corrected chi connectivity index (χ0v) is 17.4. The zero-order chi connectivity index (χ0) is 22.2. The van der Waals surface area contributed by atoms with Crippen LogP contribution in [0.25, 0.3) is 11.3 Å². The Hall–Kier alpha value is -4.07. The molecule has 8 nitrogen and oxygen atoms in total. The Morgan fingerprint density at radius 1 is 0.968 bits per heavy atom. The number of rotatable bonds is 8. The molecule has 0 aliphatic rings. The van der Waals surface area contributed by atoms with E-state index >= 15 is 0 Å². The van der Waals surface area contributed by atoms with Gasteiger partial charge in [-0.25, -0.2) is 10.2 Å². The maximum atomic E-state index is 12.3. The summed E-state index contributed by atoms with van der Waals surface area (Å²) in [6.45, 7) is 2.08. The number of esters is 1. The first-order valence-electron chi connectivity index (χ1n) is 9.48. The number of nitrogens with one attached hydrogen (secondary N) is 1. The number of furan rings is 1. The van der Waals surface area contributed by atoms with Gasteiger partial charge in [-0.1, -0.05) is 12.1 Å². The van der Waals surface area contributed by atoms with E-state index in [1.54, 1.807) is 61.5 Å². The van der Waals surface area contributed by atoms with Gasteiger partial charge in [0, 0.05) is 11.1 Å². The Morgan fingerprint density at radius 2 is 1.68 bits per heavy atom. The molecular formula is C23H22N2O6. The molecule has 0 atom stereocenters. The summed E-state index contributed by atoms with van der Waals surface area (Å²) in [5, 5.41) is 3.93. The molecule has 1 aromatic heterocycles. The second-order valence-corrected chi connectivity index (χ2v) is 6.27. The van der Waals surface area contributed by atoms with E-state index in [9.17, 15) is 9.59 Å². The molecule has 0 saturated carbocycles. The standard InChI is InChI=1S/C23H22N2O6/c1-4-30-23(27)16-7-5-15(6-8-16)19-12-10-18(31-19)14-24-25-22(26)17-9-11-20(28-2)21(13-17)29-3/h5-14H,4H2,1-3H3,(H,25,26)/b24-14-. The summed E-state index contributed by atoms with van der Waals surface area (Å²) in [6.07, 6.45) is 1.40. The van der Waals surface area contributed by atoms with Crippen molar-refractivity contribution >= 4 is 18.1 Å². The zero-order valence-electron chi connectivity index (χ0n) is 17.4. The summed E-state index contributed by atoms with van der Waals surface area (Å²) in [5.41, 5.74) is 4.07. The van der Waals surface area contributed by atoms with Gasteiger partial charge in [-0.2, -0.15) is 5.10 Å². The van der Waals surface area contributed by atoms with E-state index in [1.807, 2.05) is 0 Å². The van der Waals surface area contributed by atoms with Gasteiger partial charge in [0.1, 0.15) is 11.5 Å². The highest BCUT2D eigenvalue weighted by Crippen LogP contribution is 2.27. The van der Waals surface area contributed by atoms with Crippen molar-refractivity contribution in [2.75, 3.05) is 20.8 Å². The maximum absolute atomic E-state index is 12.3. The third kappa shape index (κ3) is 5.30. The molecule has 160 valence electrons. The normalized spacial score (nSPS) is 10.7. The van der Waals surface area contributed by atoms with Crippen LogP contribution >= 0.6 is 0 Å². The van der Waals surface area contributed by atoms with Gasteiger partial charge in [0.2, 0.25) is 0 Å². The second kappa shape index (κ2) is 10.1. The molecule has 2 aromatic carbocycles. The topological polar surface area (TPSA) is 99.4 Å². The molecule has 31 heavy (non-hydrogen) atoms. The molecule has 3 aromatic rings. The van der Waals surface area contributed by atoms with Gasteiger partial charge in [-0.15, -0.1) is 0 Å². The SMILES string of the molecule is CCOC(=O)c1ccc(-c2ccc(/C=N\NC(=O)c3ccc(OC)c(OC)c3)o2)cc1. The molecule has 0 saturated heterocycles. The second-order valence-electron chi connectivity index (χ2n) is 6.27. The first-order valence-corrected chi connectivity index (χ1v) is 9.48.